The van der Waals surface area contributed by atoms with Crippen LogP contribution in [0.3, 0.4) is 0 Å². The zero-order valence-corrected chi connectivity index (χ0v) is 15.1. The molecule has 3 rings (SSSR count). The molecule has 7 heteroatoms. The number of halogens is 1. The molecule has 2 aromatic carbocycles. The van der Waals surface area contributed by atoms with Gasteiger partial charge in [0, 0.05) is 8.47 Å². The molecule has 1 aromatic heterocycles. The maximum absolute atomic E-state index is 12.3. The molecule has 1 N–H and O–H groups in total. The van der Waals surface area contributed by atoms with Gasteiger partial charge in [-0.2, -0.15) is 0 Å². The third kappa shape index (κ3) is 3.56. The molecule has 0 aliphatic rings. The molecule has 23 heavy (non-hydrogen) atoms. The Balaban J connectivity index is 1.83. The Hall–Kier alpha value is -1.87. The molecule has 0 fully saturated rings. The van der Waals surface area contributed by atoms with Crippen molar-refractivity contribution in [3.05, 3.63) is 57.7 Å². The Bertz CT molecular complexity index is 851. The van der Waals surface area contributed by atoms with Crippen LogP contribution < -0.4 is 5.32 Å². The van der Waals surface area contributed by atoms with E-state index in [1.165, 1.54) is 0 Å². The number of thioether (sulfide) groups is 1. The highest BCUT2D eigenvalue weighted by Gasteiger charge is 2.15. The smallest absolute Gasteiger partial charge is 0.322 e. The predicted octanol–water partition coefficient (Wildman–Crippen LogP) is 4.32. The van der Waals surface area contributed by atoms with Gasteiger partial charge in [0.2, 0.25) is 0 Å². The summed E-state index contributed by atoms with van der Waals surface area (Å²) < 4.78 is 6.43. The molecule has 116 valence electrons. The van der Waals surface area contributed by atoms with Gasteiger partial charge in [-0.1, -0.05) is 29.4 Å². The van der Waals surface area contributed by atoms with Crippen molar-refractivity contribution < 1.29 is 9.21 Å². The van der Waals surface area contributed by atoms with E-state index in [9.17, 15) is 4.79 Å². The Morgan fingerprint density at radius 3 is 2.65 bits per heavy atom. The van der Waals surface area contributed by atoms with Crippen LogP contribution in [0.25, 0.3) is 11.5 Å². The number of rotatable bonds is 4. The summed E-state index contributed by atoms with van der Waals surface area (Å²) in [6.45, 7) is 0. The third-order valence-corrected chi connectivity index (χ3v) is 4.84. The van der Waals surface area contributed by atoms with Gasteiger partial charge in [-0.15, -0.1) is 16.9 Å². The van der Waals surface area contributed by atoms with Gasteiger partial charge in [-0.25, -0.2) is 0 Å². The van der Waals surface area contributed by atoms with Crippen LogP contribution in [0.15, 0.2) is 57.8 Å². The van der Waals surface area contributed by atoms with Crippen molar-refractivity contribution in [1.29, 1.82) is 0 Å². The molecule has 0 spiro atoms. The van der Waals surface area contributed by atoms with Crippen molar-refractivity contribution in [3.8, 4) is 11.5 Å². The highest BCUT2D eigenvalue weighted by molar-refractivity contribution is 14.1. The van der Waals surface area contributed by atoms with E-state index in [1.54, 1.807) is 17.8 Å². The molecular weight excluding hydrogens is 425 g/mol. The molecular formula is C16H12IN3O2S. The number of nitrogens with zero attached hydrogens (tertiary/aromatic N) is 2. The van der Waals surface area contributed by atoms with Crippen LogP contribution in [-0.4, -0.2) is 22.4 Å². The minimum atomic E-state index is -0.275. The summed E-state index contributed by atoms with van der Waals surface area (Å²) in [6, 6.07) is 15.1. The van der Waals surface area contributed by atoms with E-state index in [4.69, 9.17) is 4.42 Å². The number of carbonyl (C=O) groups excluding carboxylic acids is 1. The van der Waals surface area contributed by atoms with Crippen molar-refractivity contribution in [2.45, 2.75) is 4.90 Å². The van der Waals surface area contributed by atoms with Crippen LogP contribution in [-0.2, 0) is 0 Å². The maximum atomic E-state index is 12.3. The first-order valence-electron chi connectivity index (χ1n) is 6.72. The third-order valence-electron chi connectivity index (χ3n) is 3.10. The van der Waals surface area contributed by atoms with Crippen LogP contribution in [0.4, 0.5) is 6.01 Å². The standard InChI is InChI=1S/C16H12IN3O2S/c1-23-13-9-5-3-7-11(13)15-19-20-16(22-15)18-14(21)10-6-2-4-8-12(10)17/h2-9H,1H3,(H,18,20,21). The van der Waals surface area contributed by atoms with Crippen molar-refractivity contribution in [2.75, 3.05) is 11.6 Å². The van der Waals surface area contributed by atoms with Crippen molar-refractivity contribution >= 4 is 46.3 Å². The van der Waals surface area contributed by atoms with Gasteiger partial charge in [0.15, 0.2) is 0 Å². The van der Waals surface area contributed by atoms with Crippen LogP contribution in [0.2, 0.25) is 0 Å². The van der Waals surface area contributed by atoms with Gasteiger partial charge in [0.1, 0.15) is 0 Å². The summed E-state index contributed by atoms with van der Waals surface area (Å²) in [7, 11) is 0. The van der Waals surface area contributed by atoms with Gasteiger partial charge >= 0.3 is 6.01 Å². The quantitative estimate of drug-likeness (QED) is 0.487. The first-order valence-corrected chi connectivity index (χ1v) is 9.02. The van der Waals surface area contributed by atoms with Gasteiger partial charge in [0.05, 0.1) is 11.1 Å². The van der Waals surface area contributed by atoms with Gasteiger partial charge < -0.3 is 4.42 Å². The minimum Gasteiger partial charge on any atom is -0.403 e. The summed E-state index contributed by atoms with van der Waals surface area (Å²) in [4.78, 5) is 13.3. The lowest BCUT2D eigenvalue weighted by atomic mass is 10.2. The van der Waals surface area contributed by atoms with E-state index in [-0.39, 0.29) is 11.9 Å². The van der Waals surface area contributed by atoms with E-state index >= 15 is 0 Å². The second kappa shape index (κ2) is 7.14. The zero-order chi connectivity index (χ0) is 16.2. The Morgan fingerprint density at radius 2 is 1.87 bits per heavy atom. The average Bonchev–Trinajstić information content (AvgIpc) is 3.03. The number of hydrogen-bond donors (Lipinski definition) is 1. The van der Waals surface area contributed by atoms with Crippen molar-refractivity contribution in [1.82, 2.24) is 10.2 Å². The molecule has 1 amide bonds. The Morgan fingerprint density at radius 1 is 1.13 bits per heavy atom. The topological polar surface area (TPSA) is 68.0 Å². The number of aromatic nitrogens is 2. The first-order chi connectivity index (χ1) is 11.2. The van der Waals surface area contributed by atoms with Crippen LogP contribution >= 0.6 is 34.4 Å². The fourth-order valence-corrected chi connectivity index (χ4v) is 3.24. The largest absolute Gasteiger partial charge is 0.403 e. The molecule has 0 atom stereocenters. The van der Waals surface area contributed by atoms with Crippen LogP contribution in [0.1, 0.15) is 10.4 Å². The Labute approximate surface area is 151 Å². The molecule has 0 bridgehead atoms. The number of benzene rings is 2. The molecule has 0 aliphatic carbocycles. The molecule has 5 nitrogen and oxygen atoms in total. The molecule has 0 radical (unpaired) electrons. The van der Waals surface area contributed by atoms with Crippen molar-refractivity contribution in [2.24, 2.45) is 0 Å². The number of nitrogens with one attached hydrogen (secondary N) is 1. The number of carbonyl (C=O) groups is 1. The number of hydrogen-bond acceptors (Lipinski definition) is 5. The van der Waals surface area contributed by atoms with Gasteiger partial charge in [-0.05, 0) is 53.1 Å². The molecule has 0 saturated heterocycles. The lowest BCUT2D eigenvalue weighted by Crippen LogP contribution is -2.13. The molecule has 1 heterocycles. The van der Waals surface area contributed by atoms with Crippen LogP contribution in [0.5, 0.6) is 0 Å². The van der Waals surface area contributed by atoms with E-state index < -0.39 is 0 Å². The highest BCUT2D eigenvalue weighted by Crippen LogP contribution is 2.29. The molecule has 0 unspecified atom stereocenters. The number of amides is 1. The zero-order valence-electron chi connectivity index (χ0n) is 12.1. The van der Waals surface area contributed by atoms with E-state index in [0.29, 0.717) is 11.5 Å². The van der Waals surface area contributed by atoms with E-state index in [2.05, 4.69) is 38.1 Å². The van der Waals surface area contributed by atoms with E-state index in [0.717, 1.165) is 14.0 Å². The fourth-order valence-electron chi connectivity index (χ4n) is 2.01. The summed E-state index contributed by atoms with van der Waals surface area (Å²) in [5, 5.41) is 10.6. The molecule has 0 aliphatic heterocycles. The minimum absolute atomic E-state index is 0.0839. The summed E-state index contributed by atoms with van der Waals surface area (Å²) in [5.74, 6) is 0.108. The normalized spacial score (nSPS) is 10.5. The second-order valence-corrected chi connectivity index (χ2v) is 6.56. The lowest BCUT2D eigenvalue weighted by molar-refractivity contribution is 0.102. The van der Waals surface area contributed by atoms with Gasteiger partial charge in [-0.3, -0.25) is 10.1 Å². The molecule has 3 aromatic rings. The second-order valence-electron chi connectivity index (χ2n) is 4.55. The SMILES string of the molecule is CSc1ccccc1-c1nnc(NC(=O)c2ccccc2I)o1. The lowest BCUT2D eigenvalue weighted by Gasteiger charge is -2.03. The summed E-state index contributed by atoms with van der Waals surface area (Å²) >= 11 is 3.71. The van der Waals surface area contributed by atoms with E-state index in [1.807, 2.05) is 48.7 Å². The molecule has 0 saturated carbocycles. The average molecular weight is 437 g/mol. The van der Waals surface area contributed by atoms with Crippen LogP contribution in [0, 0.1) is 3.57 Å². The summed E-state index contributed by atoms with van der Waals surface area (Å²) in [6.07, 6.45) is 1.98. The van der Waals surface area contributed by atoms with Gasteiger partial charge in [0.25, 0.3) is 11.8 Å². The van der Waals surface area contributed by atoms with Crippen molar-refractivity contribution in [3.63, 3.8) is 0 Å². The predicted molar refractivity (Wildman–Crippen MR) is 98.6 cm³/mol. The number of anilines is 1. The Kier molecular flexibility index (Phi) is 4.97. The fraction of sp³-hybridized carbons (Fsp3) is 0.0625. The summed E-state index contributed by atoms with van der Waals surface area (Å²) in [5.41, 5.74) is 1.42. The monoisotopic (exact) mass is 437 g/mol. The highest BCUT2D eigenvalue weighted by atomic mass is 127. The maximum Gasteiger partial charge on any atom is 0.322 e. The first kappa shape index (κ1) is 16.0.